The van der Waals surface area contributed by atoms with Crippen LogP contribution in [0.5, 0.6) is 0 Å². The Morgan fingerprint density at radius 1 is 0.958 bits per heavy atom. The highest BCUT2D eigenvalue weighted by Crippen LogP contribution is 2.46. The summed E-state index contributed by atoms with van der Waals surface area (Å²) in [7, 11) is -5.22. The third-order valence-electron chi connectivity index (χ3n) is 5.40. The molecule has 0 spiro atoms. The predicted octanol–water partition coefficient (Wildman–Crippen LogP) is 4.87. The number of hydrogen-bond acceptors (Lipinski definition) is 1. The SMILES string of the molecule is CC(C)(C)N1C(=O)N[Si]([Si](C)(C)C)([Si](C)(C)C)C1c1ccccc1. The minimum atomic E-state index is -2.04. The van der Waals surface area contributed by atoms with E-state index >= 15 is 0 Å². The van der Waals surface area contributed by atoms with Gasteiger partial charge in [0.1, 0.15) is 0 Å². The Bertz CT molecular complexity index is 598. The van der Waals surface area contributed by atoms with Crippen molar-refractivity contribution in [3.05, 3.63) is 35.9 Å². The van der Waals surface area contributed by atoms with Crippen LogP contribution in [0.25, 0.3) is 0 Å². The van der Waals surface area contributed by atoms with Crippen LogP contribution in [-0.2, 0) is 0 Å². The van der Waals surface area contributed by atoms with Gasteiger partial charge < -0.3 is 9.88 Å². The first-order chi connectivity index (χ1) is 10.7. The van der Waals surface area contributed by atoms with Crippen molar-refractivity contribution in [1.82, 2.24) is 9.88 Å². The molecule has 0 saturated carbocycles. The molecule has 6 heteroatoms. The normalized spacial score (nSPS) is 21.8. The topological polar surface area (TPSA) is 32.3 Å². The zero-order valence-corrected chi connectivity index (χ0v) is 19.8. The number of nitrogens with zero attached hydrogens (tertiary/aromatic N) is 1. The third kappa shape index (κ3) is 2.93. The molecule has 1 aliphatic heterocycles. The molecule has 1 aromatic carbocycles. The Labute approximate surface area is 150 Å². The molecule has 24 heavy (non-hydrogen) atoms. The smallest absolute Gasteiger partial charge is 0.309 e. The number of hydrogen-bond donors (Lipinski definition) is 1. The van der Waals surface area contributed by atoms with Crippen LogP contribution < -0.4 is 4.98 Å². The van der Waals surface area contributed by atoms with Gasteiger partial charge in [-0.1, -0.05) is 69.6 Å². The van der Waals surface area contributed by atoms with E-state index in [0.717, 1.165) is 0 Å². The maximum atomic E-state index is 13.2. The van der Waals surface area contributed by atoms with Gasteiger partial charge in [0.15, 0.2) is 7.27 Å². The molecule has 1 unspecified atom stereocenters. The number of urea groups is 1. The monoisotopic (exact) mass is 378 g/mol. The standard InChI is InChI=1S/C18H34N2OSi3/c1-18(2,3)20-16(15-13-11-10-12-14-15)24(19-17(20)21,22(4,5)6)23(7,8)9/h10-14,16H,1-9H3,(H,19,21). The van der Waals surface area contributed by atoms with E-state index in [0.29, 0.717) is 0 Å². The van der Waals surface area contributed by atoms with Crippen LogP contribution in [0.15, 0.2) is 30.3 Å². The molecular formula is C18H34N2OSi3. The van der Waals surface area contributed by atoms with Gasteiger partial charge in [0, 0.05) is 5.54 Å². The highest BCUT2D eigenvalue weighted by molar-refractivity contribution is 7.68. The number of amides is 2. The van der Waals surface area contributed by atoms with Crippen molar-refractivity contribution in [1.29, 1.82) is 0 Å². The van der Waals surface area contributed by atoms with Crippen molar-refractivity contribution in [3.8, 4) is 0 Å². The van der Waals surface area contributed by atoms with Gasteiger partial charge in [0.25, 0.3) is 0 Å². The quantitative estimate of drug-likeness (QED) is 0.748. The van der Waals surface area contributed by atoms with Crippen LogP contribution in [0.2, 0.25) is 39.3 Å². The van der Waals surface area contributed by atoms with Crippen LogP contribution in [0, 0.1) is 0 Å². The predicted molar refractivity (Wildman–Crippen MR) is 112 cm³/mol. The molecule has 0 radical (unpaired) electrons. The van der Waals surface area contributed by atoms with Crippen molar-refractivity contribution < 1.29 is 4.79 Å². The Morgan fingerprint density at radius 3 is 1.79 bits per heavy atom. The van der Waals surface area contributed by atoms with Crippen molar-refractivity contribution in [2.24, 2.45) is 0 Å². The molecule has 2 amide bonds. The molecule has 0 bridgehead atoms. The second kappa shape index (κ2) is 5.85. The Kier molecular flexibility index (Phi) is 4.74. The van der Waals surface area contributed by atoms with Gasteiger partial charge in [-0.05, 0) is 26.3 Å². The molecule has 0 aromatic heterocycles. The van der Waals surface area contributed by atoms with E-state index in [1.807, 2.05) is 0 Å². The Balaban J connectivity index is 2.81. The molecule has 3 nitrogen and oxygen atoms in total. The molecule has 1 aromatic rings. The summed E-state index contributed by atoms with van der Waals surface area (Å²) in [6, 6.07) is 10.9. The van der Waals surface area contributed by atoms with E-state index in [1.54, 1.807) is 0 Å². The van der Waals surface area contributed by atoms with Gasteiger partial charge >= 0.3 is 6.03 Å². The molecular weight excluding hydrogens is 344 g/mol. The maximum absolute atomic E-state index is 13.2. The largest absolute Gasteiger partial charge is 0.366 e. The molecule has 1 heterocycles. The molecule has 134 valence electrons. The summed E-state index contributed by atoms with van der Waals surface area (Å²) in [5, 5.41) is 0. The summed E-state index contributed by atoms with van der Waals surface area (Å²) in [5.74, 6) is 0. The first-order valence-corrected chi connectivity index (χ1v) is 20.0. The van der Waals surface area contributed by atoms with E-state index in [9.17, 15) is 4.79 Å². The van der Waals surface area contributed by atoms with E-state index < -0.39 is 22.5 Å². The van der Waals surface area contributed by atoms with E-state index in [2.05, 4.69) is 100 Å². The van der Waals surface area contributed by atoms with Crippen LogP contribution >= 0.6 is 0 Å². The van der Waals surface area contributed by atoms with Gasteiger partial charge in [-0.25, -0.2) is 4.79 Å². The second-order valence-corrected chi connectivity index (χ2v) is 36.7. The lowest BCUT2D eigenvalue weighted by atomic mass is 10.0. The molecule has 0 aliphatic carbocycles. The van der Waals surface area contributed by atoms with Gasteiger partial charge in [0.2, 0.25) is 0 Å². The fourth-order valence-electron chi connectivity index (χ4n) is 4.65. The highest BCUT2D eigenvalue weighted by Gasteiger charge is 2.68. The first kappa shape index (κ1) is 19.5. The van der Waals surface area contributed by atoms with E-state index in [1.165, 1.54) is 5.56 Å². The lowest BCUT2D eigenvalue weighted by Gasteiger charge is -2.52. The number of nitrogens with one attached hydrogen (secondary N) is 1. The number of carbonyl (C=O) groups excluding carboxylic acids is 1. The average molecular weight is 379 g/mol. The lowest BCUT2D eigenvalue weighted by Crippen LogP contribution is -2.80. The van der Waals surface area contributed by atoms with Crippen molar-refractivity contribution >= 4 is 28.5 Å². The second-order valence-electron chi connectivity index (χ2n) is 10.1. The first-order valence-electron chi connectivity index (χ1n) is 8.90. The molecule has 1 saturated heterocycles. The van der Waals surface area contributed by atoms with Crippen molar-refractivity contribution in [2.75, 3.05) is 0 Å². The van der Waals surface area contributed by atoms with Crippen LogP contribution in [0.4, 0.5) is 4.79 Å². The van der Waals surface area contributed by atoms with Crippen LogP contribution in [0.1, 0.15) is 32.0 Å². The zero-order valence-electron chi connectivity index (χ0n) is 16.8. The number of rotatable bonds is 3. The molecule has 1 atom stereocenters. The minimum absolute atomic E-state index is 0.160. The lowest BCUT2D eigenvalue weighted by molar-refractivity contribution is 0.148. The van der Waals surface area contributed by atoms with Crippen molar-refractivity contribution in [2.45, 2.75) is 71.3 Å². The fraction of sp³-hybridized carbons (Fsp3) is 0.611. The molecule has 1 N–H and O–H groups in total. The summed E-state index contributed by atoms with van der Waals surface area (Å²) in [4.78, 5) is 19.1. The van der Waals surface area contributed by atoms with Gasteiger partial charge in [-0.2, -0.15) is 0 Å². The Morgan fingerprint density at radius 2 is 1.42 bits per heavy atom. The summed E-state index contributed by atoms with van der Waals surface area (Å²) < 4.78 is 0. The molecule has 2 rings (SSSR count). The van der Waals surface area contributed by atoms with Crippen molar-refractivity contribution in [3.63, 3.8) is 0 Å². The summed E-state index contributed by atoms with van der Waals surface area (Å²) in [6.45, 7) is 21.3. The maximum Gasteiger partial charge on any atom is 0.309 e. The Hall–Kier alpha value is -0.859. The van der Waals surface area contributed by atoms with E-state index in [-0.39, 0.29) is 17.2 Å². The summed E-state index contributed by atoms with van der Waals surface area (Å²) in [5.41, 5.74) is 1.38. The summed E-state index contributed by atoms with van der Waals surface area (Å²) >= 11 is 0. The number of benzene rings is 1. The average Bonchev–Trinajstić information content (AvgIpc) is 2.73. The van der Waals surface area contributed by atoms with Gasteiger partial charge in [0.05, 0.1) is 20.8 Å². The van der Waals surface area contributed by atoms with Gasteiger partial charge in [-0.15, -0.1) is 0 Å². The summed E-state index contributed by atoms with van der Waals surface area (Å²) in [6.07, 6.45) is 0. The zero-order chi connectivity index (χ0) is 18.6. The fourth-order valence-corrected chi connectivity index (χ4v) is 48.1. The molecule has 1 fully saturated rings. The van der Waals surface area contributed by atoms with Crippen LogP contribution in [-0.4, -0.2) is 38.9 Å². The molecule has 1 aliphatic rings. The number of carbonyl (C=O) groups is 1. The highest BCUT2D eigenvalue weighted by atomic mass is 29.6. The van der Waals surface area contributed by atoms with Gasteiger partial charge in [-0.3, -0.25) is 0 Å². The van der Waals surface area contributed by atoms with E-state index in [4.69, 9.17) is 0 Å². The minimum Gasteiger partial charge on any atom is -0.366 e. The third-order valence-corrected chi connectivity index (χ3v) is 42.2. The van der Waals surface area contributed by atoms with Crippen LogP contribution in [0.3, 0.4) is 0 Å².